The molecule has 0 amide bonds. The van der Waals surface area contributed by atoms with E-state index in [9.17, 15) is 4.39 Å². The molecular formula is C9H8FN3. The average Bonchev–Trinajstić information content (AvgIpc) is 2.18. The van der Waals surface area contributed by atoms with E-state index in [0.717, 1.165) is 0 Å². The first-order valence-electron chi connectivity index (χ1n) is 3.83. The van der Waals surface area contributed by atoms with Gasteiger partial charge in [0.1, 0.15) is 11.6 Å². The van der Waals surface area contributed by atoms with Crippen molar-refractivity contribution in [1.82, 2.24) is 4.98 Å². The van der Waals surface area contributed by atoms with Crippen molar-refractivity contribution >= 4 is 16.6 Å². The Kier molecular flexibility index (Phi) is 1.83. The third-order valence-electron chi connectivity index (χ3n) is 1.89. The summed E-state index contributed by atoms with van der Waals surface area (Å²) in [7, 11) is 0. The van der Waals surface area contributed by atoms with Gasteiger partial charge >= 0.3 is 0 Å². The second-order valence-corrected chi connectivity index (χ2v) is 2.64. The van der Waals surface area contributed by atoms with Crippen molar-refractivity contribution in [3.05, 3.63) is 36.3 Å². The third-order valence-corrected chi connectivity index (χ3v) is 1.89. The van der Waals surface area contributed by atoms with E-state index < -0.39 is 0 Å². The van der Waals surface area contributed by atoms with Crippen LogP contribution in [0.25, 0.3) is 10.8 Å². The number of nitrogens with one attached hydrogen (secondary N) is 1. The summed E-state index contributed by atoms with van der Waals surface area (Å²) in [6.45, 7) is 0. The molecule has 0 saturated heterocycles. The topological polar surface area (TPSA) is 50.9 Å². The number of benzene rings is 1. The van der Waals surface area contributed by atoms with Crippen LogP contribution in [0.5, 0.6) is 0 Å². The molecule has 0 radical (unpaired) electrons. The first kappa shape index (κ1) is 7.94. The van der Waals surface area contributed by atoms with Crippen LogP contribution in [0, 0.1) is 5.82 Å². The van der Waals surface area contributed by atoms with E-state index in [1.807, 2.05) is 0 Å². The van der Waals surface area contributed by atoms with Gasteiger partial charge in [0.15, 0.2) is 0 Å². The molecule has 2 rings (SSSR count). The standard InChI is InChI=1S/C9H8FN3/c10-8-3-1-2-7-6(8)4-5-12-9(7)13-11/h1-5H,11H2,(H,12,13). The number of aromatic nitrogens is 1. The molecule has 2 aromatic rings. The van der Waals surface area contributed by atoms with Gasteiger partial charge in [0.05, 0.1) is 0 Å². The summed E-state index contributed by atoms with van der Waals surface area (Å²) >= 11 is 0. The van der Waals surface area contributed by atoms with Crippen molar-refractivity contribution in [2.75, 3.05) is 5.43 Å². The Hall–Kier alpha value is -1.68. The van der Waals surface area contributed by atoms with Gasteiger partial charge in [-0.25, -0.2) is 15.2 Å². The van der Waals surface area contributed by atoms with Crippen LogP contribution in [0.4, 0.5) is 10.2 Å². The molecule has 1 aromatic carbocycles. The molecule has 13 heavy (non-hydrogen) atoms. The van der Waals surface area contributed by atoms with Gasteiger partial charge in [0.2, 0.25) is 0 Å². The zero-order chi connectivity index (χ0) is 9.26. The van der Waals surface area contributed by atoms with Gasteiger partial charge in [-0.3, -0.25) is 0 Å². The Morgan fingerprint density at radius 2 is 2.08 bits per heavy atom. The SMILES string of the molecule is NNc1nccc2c(F)cccc12. The summed E-state index contributed by atoms with van der Waals surface area (Å²) in [5.41, 5.74) is 2.42. The summed E-state index contributed by atoms with van der Waals surface area (Å²) < 4.78 is 13.2. The maximum Gasteiger partial charge on any atom is 0.147 e. The summed E-state index contributed by atoms with van der Waals surface area (Å²) in [6.07, 6.45) is 1.51. The fourth-order valence-electron chi connectivity index (χ4n) is 1.28. The molecule has 0 spiro atoms. The number of pyridine rings is 1. The van der Waals surface area contributed by atoms with Gasteiger partial charge < -0.3 is 5.43 Å². The Morgan fingerprint density at radius 1 is 1.23 bits per heavy atom. The zero-order valence-corrected chi connectivity index (χ0v) is 6.79. The predicted octanol–water partition coefficient (Wildman–Crippen LogP) is 1.66. The number of halogens is 1. The van der Waals surface area contributed by atoms with Gasteiger partial charge in [-0.2, -0.15) is 0 Å². The second kappa shape index (κ2) is 2.99. The number of rotatable bonds is 1. The number of hydrazine groups is 1. The van der Waals surface area contributed by atoms with Crippen molar-refractivity contribution in [2.45, 2.75) is 0 Å². The first-order valence-corrected chi connectivity index (χ1v) is 3.83. The van der Waals surface area contributed by atoms with Gasteiger partial charge in [0.25, 0.3) is 0 Å². The van der Waals surface area contributed by atoms with E-state index in [4.69, 9.17) is 5.84 Å². The average molecular weight is 177 g/mol. The molecular weight excluding hydrogens is 169 g/mol. The molecule has 0 atom stereocenters. The molecule has 0 aliphatic heterocycles. The highest BCUT2D eigenvalue weighted by molar-refractivity contribution is 5.91. The van der Waals surface area contributed by atoms with Crippen molar-refractivity contribution in [3.63, 3.8) is 0 Å². The predicted molar refractivity (Wildman–Crippen MR) is 49.5 cm³/mol. The molecule has 1 aromatic heterocycles. The maximum absolute atomic E-state index is 13.2. The van der Waals surface area contributed by atoms with Gasteiger partial charge in [-0.1, -0.05) is 12.1 Å². The van der Waals surface area contributed by atoms with E-state index in [0.29, 0.717) is 16.6 Å². The van der Waals surface area contributed by atoms with E-state index >= 15 is 0 Å². The molecule has 0 bridgehead atoms. The Balaban J connectivity index is 2.84. The van der Waals surface area contributed by atoms with Gasteiger partial charge in [-0.15, -0.1) is 0 Å². The number of nitrogens with zero attached hydrogens (tertiary/aromatic N) is 1. The van der Waals surface area contributed by atoms with Crippen LogP contribution in [-0.4, -0.2) is 4.98 Å². The van der Waals surface area contributed by atoms with E-state index in [1.165, 1.54) is 12.3 Å². The van der Waals surface area contributed by atoms with Crippen LogP contribution in [-0.2, 0) is 0 Å². The minimum absolute atomic E-state index is 0.267. The number of fused-ring (bicyclic) bond motifs is 1. The largest absolute Gasteiger partial charge is 0.308 e. The van der Waals surface area contributed by atoms with Gasteiger partial charge in [0, 0.05) is 17.0 Å². The number of nitrogens with two attached hydrogens (primary N) is 1. The highest BCUT2D eigenvalue weighted by Gasteiger charge is 2.03. The molecule has 1 heterocycles. The summed E-state index contributed by atoms with van der Waals surface area (Å²) in [6, 6.07) is 6.41. The van der Waals surface area contributed by atoms with E-state index in [2.05, 4.69) is 10.4 Å². The molecule has 3 N–H and O–H groups in total. The molecule has 0 aliphatic rings. The van der Waals surface area contributed by atoms with Crippen LogP contribution in [0.15, 0.2) is 30.5 Å². The molecule has 0 aliphatic carbocycles. The van der Waals surface area contributed by atoms with Crippen LogP contribution in [0.2, 0.25) is 0 Å². The molecule has 4 heteroatoms. The first-order chi connectivity index (χ1) is 6.33. The lowest BCUT2D eigenvalue weighted by molar-refractivity contribution is 0.640. The smallest absolute Gasteiger partial charge is 0.147 e. The summed E-state index contributed by atoms with van der Waals surface area (Å²) in [4.78, 5) is 3.96. The maximum atomic E-state index is 13.2. The summed E-state index contributed by atoms with van der Waals surface area (Å²) in [5, 5.41) is 1.20. The van der Waals surface area contributed by atoms with E-state index in [-0.39, 0.29) is 5.82 Å². The van der Waals surface area contributed by atoms with Crippen molar-refractivity contribution in [1.29, 1.82) is 0 Å². The fourth-order valence-corrected chi connectivity index (χ4v) is 1.28. The number of nitrogen functional groups attached to an aromatic ring is 1. The summed E-state index contributed by atoms with van der Waals surface area (Å²) in [5.74, 6) is 5.45. The fraction of sp³-hybridized carbons (Fsp3) is 0. The molecule has 0 fully saturated rings. The monoisotopic (exact) mass is 177 g/mol. The van der Waals surface area contributed by atoms with Crippen LogP contribution in [0.3, 0.4) is 0 Å². The molecule has 3 nitrogen and oxygen atoms in total. The quantitative estimate of drug-likeness (QED) is 0.514. The number of anilines is 1. The lowest BCUT2D eigenvalue weighted by Gasteiger charge is -2.03. The van der Waals surface area contributed by atoms with Crippen molar-refractivity contribution in [3.8, 4) is 0 Å². The van der Waals surface area contributed by atoms with Crippen LogP contribution < -0.4 is 11.3 Å². The Labute approximate surface area is 74.4 Å². The molecule has 66 valence electrons. The second-order valence-electron chi connectivity index (χ2n) is 2.64. The third kappa shape index (κ3) is 1.21. The number of hydrogen-bond donors (Lipinski definition) is 2. The molecule has 0 saturated carbocycles. The Morgan fingerprint density at radius 3 is 2.85 bits per heavy atom. The minimum Gasteiger partial charge on any atom is -0.308 e. The number of hydrogen-bond acceptors (Lipinski definition) is 3. The van der Waals surface area contributed by atoms with E-state index in [1.54, 1.807) is 18.2 Å². The van der Waals surface area contributed by atoms with Crippen molar-refractivity contribution in [2.24, 2.45) is 5.84 Å². The lowest BCUT2D eigenvalue weighted by atomic mass is 10.1. The van der Waals surface area contributed by atoms with Crippen LogP contribution in [0.1, 0.15) is 0 Å². The zero-order valence-electron chi connectivity index (χ0n) is 6.79. The van der Waals surface area contributed by atoms with Crippen LogP contribution >= 0.6 is 0 Å². The van der Waals surface area contributed by atoms with Gasteiger partial charge in [-0.05, 0) is 12.1 Å². The molecule has 0 unspecified atom stereocenters. The van der Waals surface area contributed by atoms with Crippen molar-refractivity contribution < 1.29 is 4.39 Å². The Bertz CT molecular complexity index is 442. The minimum atomic E-state index is -0.267. The lowest BCUT2D eigenvalue weighted by Crippen LogP contribution is -2.08. The normalized spacial score (nSPS) is 10.3. The highest BCUT2D eigenvalue weighted by atomic mass is 19.1. The highest BCUT2D eigenvalue weighted by Crippen LogP contribution is 2.21.